The number of amides is 2. The molecule has 0 unspecified atom stereocenters. The maximum absolute atomic E-state index is 13.2. The first kappa shape index (κ1) is 26.5. The van der Waals surface area contributed by atoms with E-state index in [0.29, 0.717) is 40.9 Å². The number of carbonyl (C=O) groups is 3. The lowest BCUT2D eigenvalue weighted by Gasteiger charge is -2.34. The number of nitrogens with zero attached hydrogens (tertiary/aromatic N) is 2. The van der Waals surface area contributed by atoms with Crippen LogP contribution in [0.1, 0.15) is 26.3 Å². The second kappa shape index (κ2) is 12.1. The predicted molar refractivity (Wildman–Crippen MR) is 154 cm³/mol. The van der Waals surface area contributed by atoms with Gasteiger partial charge in [-0.2, -0.15) is 0 Å². The van der Waals surface area contributed by atoms with Crippen LogP contribution in [0.5, 0.6) is 0 Å². The van der Waals surface area contributed by atoms with Gasteiger partial charge >= 0.3 is 5.97 Å². The third kappa shape index (κ3) is 6.47. The first-order chi connectivity index (χ1) is 19.0. The molecule has 0 saturated carbocycles. The molecule has 1 aliphatic heterocycles. The normalized spacial score (nSPS) is 13.8. The Morgan fingerprint density at radius 1 is 0.795 bits per heavy atom. The van der Waals surface area contributed by atoms with Gasteiger partial charge in [-0.05, 0) is 41.3 Å². The fourth-order valence-electron chi connectivity index (χ4n) is 4.80. The number of piperazine rings is 1. The van der Waals surface area contributed by atoms with Crippen LogP contribution >= 0.6 is 11.8 Å². The predicted octanol–water partition coefficient (Wildman–Crippen LogP) is 5.23. The van der Waals surface area contributed by atoms with Crippen LogP contribution in [0.2, 0.25) is 0 Å². The zero-order valence-electron chi connectivity index (χ0n) is 21.4. The number of rotatable bonds is 8. The highest BCUT2D eigenvalue weighted by atomic mass is 32.2. The third-order valence-corrected chi connectivity index (χ3v) is 7.79. The quantitative estimate of drug-likeness (QED) is 0.298. The summed E-state index contributed by atoms with van der Waals surface area (Å²) >= 11 is 1.44. The largest absolute Gasteiger partial charge is 0.478 e. The standard InChI is InChI=1S/C31H29N3O4S/c35-28(34-17-15-33(16-18-34)20-22-7-2-1-3-8-22)21-39-25-12-6-11-24(19-25)32-30(36)26-13-4-9-23-10-5-14-27(29(23)26)31(37)38/h1-14,19H,15-18,20-21H2,(H,32,36)(H,37,38). The van der Waals surface area contributed by atoms with E-state index >= 15 is 0 Å². The van der Waals surface area contributed by atoms with Crippen molar-refractivity contribution >= 4 is 46.0 Å². The lowest BCUT2D eigenvalue weighted by molar-refractivity contribution is -0.130. The number of carboxylic acid groups (broad SMARTS) is 1. The molecule has 0 radical (unpaired) electrons. The molecule has 0 aromatic heterocycles. The van der Waals surface area contributed by atoms with Crippen molar-refractivity contribution in [1.82, 2.24) is 9.80 Å². The molecule has 4 aromatic carbocycles. The molecule has 2 amide bonds. The summed E-state index contributed by atoms with van der Waals surface area (Å²) in [4.78, 5) is 42.9. The molecule has 1 heterocycles. The molecule has 0 spiro atoms. The molecular weight excluding hydrogens is 510 g/mol. The molecule has 5 rings (SSSR count). The Hall–Kier alpha value is -4.14. The Morgan fingerprint density at radius 2 is 1.49 bits per heavy atom. The highest BCUT2D eigenvalue weighted by Crippen LogP contribution is 2.26. The lowest BCUT2D eigenvalue weighted by atomic mass is 9.98. The summed E-state index contributed by atoms with van der Waals surface area (Å²) in [5, 5.41) is 13.6. The minimum atomic E-state index is -1.08. The van der Waals surface area contributed by atoms with Crippen molar-refractivity contribution in [2.24, 2.45) is 0 Å². The molecule has 0 aliphatic carbocycles. The molecular formula is C31H29N3O4S. The van der Waals surface area contributed by atoms with Crippen molar-refractivity contribution in [3.63, 3.8) is 0 Å². The van der Waals surface area contributed by atoms with Crippen LogP contribution in [0, 0.1) is 0 Å². The molecule has 0 atom stereocenters. The molecule has 8 heteroatoms. The summed E-state index contributed by atoms with van der Waals surface area (Å²) in [6, 6.07) is 27.8. The van der Waals surface area contributed by atoms with Crippen LogP contribution in [0.15, 0.2) is 95.9 Å². The smallest absolute Gasteiger partial charge is 0.336 e. The van der Waals surface area contributed by atoms with Crippen molar-refractivity contribution in [2.45, 2.75) is 11.4 Å². The van der Waals surface area contributed by atoms with E-state index in [0.717, 1.165) is 24.5 Å². The SMILES string of the molecule is O=C(O)c1cccc2cccc(C(=O)Nc3cccc(SCC(=O)N4CCN(Cc5ccccc5)CC4)c3)c12. The van der Waals surface area contributed by atoms with E-state index in [1.54, 1.807) is 36.4 Å². The fourth-order valence-corrected chi connectivity index (χ4v) is 5.66. The molecule has 39 heavy (non-hydrogen) atoms. The van der Waals surface area contributed by atoms with Gasteiger partial charge in [0.15, 0.2) is 0 Å². The maximum atomic E-state index is 13.2. The minimum Gasteiger partial charge on any atom is -0.478 e. The second-order valence-corrected chi connectivity index (χ2v) is 10.5. The van der Waals surface area contributed by atoms with Gasteiger partial charge < -0.3 is 15.3 Å². The van der Waals surface area contributed by atoms with Crippen molar-refractivity contribution in [1.29, 1.82) is 0 Å². The molecule has 4 aromatic rings. The summed E-state index contributed by atoms with van der Waals surface area (Å²) < 4.78 is 0. The zero-order chi connectivity index (χ0) is 27.2. The van der Waals surface area contributed by atoms with Crippen LogP contribution in [-0.2, 0) is 11.3 Å². The van der Waals surface area contributed by atoms with E-state index in [1.807, 2.05) is 41.3 Å². The Labute approximate surface area is 231 Å². The zero-order valence-corrected chi connectivity index (χ0v) is 22.2. The Balaban J connectivity index is 1.17. The van der Waals surface area contributed by atoms with Crippen molar-refractivity contribution in [3.8, 4) is 0 Å². The van der Waals surface area contributed by atoms with Gasteiger partial charge in [0.25, 0.3) is 5.91 Å². The van der Waals surface area contributed by atoms with Gasteiger partial charge in [-0.15, -0.1) is 11.8 Å². The van der Waals surface area contributed by atoms with Crippen LogP contribution in [0.4, 0.5) is 5.69 Å². The molecule has 2 N–H and O–H groups in total. The summed E-state index contributed by atoms with van der Waals surface area (Å²) in [6.07, 6.45) is 0. The van der Waals surface area contributed by atoms with Crippen LogP contribution in [0.3, 0.4) is 0 Å². The average molecular weight is 540 g/mol. The summed E-state index contributed by atoms with van der Waals surface area (Å²) in [5.74, 6) is -1.05. The number of carboxylic acids is 1. The van der Waals surface area contributed by atoms with Crippen LogP contribution in [0.25, 0.3) is 10.8 Å². The van der Waals surface area contributed by atoms with E-state index in [9.17, 15) is 19.5 Å². The van der Waals surface area contributed by atoms with E-state index in [2.05, 4.69) is 22.3 Å². The van der Waals surface area contributed by atoms with Gasteiger partial charge in [0.05, 0.1) is 11.3 Å². The number of aromatic carboxylic acids is 1. The van der Waals surface area contributed by atoms with Gasteiger partial charge in [-0.3, -0.25) is 14.5 Å². The van der Waals surface area contributed by atoms with E-state index in [4.69, 9.17) is 0 Å². The molecule has 1 fully saturated rings. The minimum absolute atomic E-state index is 0.0852. The van der Waals surface area contributed by atoms with Crippen molar-refractivity contribution < 1.29 is 19.5 Å². The second-order valence-electron chi connectivity index (χ2n) is 9.43. The number of hydrogen-bond acceptors (Lipinski definition) is 5. The number of hydrogen-bond donors (Lipinski definition) is 2. The fraction of sp³-hybridized carbons (Fsp3) is 0.194. The maximum Gasteiger partial charge on any atom is 0.336 e. The summed E-state index contributed by atoms with van der Waals surface area (Å²) in [5.41, 5.74) is 2.24. The Kier molecular flexibility index (Phi) is 8.24. The van der Waals surface area contributed by atoms with E-state index in [-0.39, 0.29) is 17.4 Å². The highest BCUT2D eigenvalue weighted by molar-refractivity contribution is 8.00. The van der Waals surface area contributed by atoms with Gasteiger partial charge in [-0.25, -0.2) is 4.79 Å². The van der Waals surface area contributed by atoms with Crippen molar-refractivity contribution in [2.75, 3.05) is 37.2 Å². The van der Waals surface area contributed by atoms with Crippen LogP contribution < -0.4 is 5.32 Å². The third-order valence-electron chi connectivity index (χ3n) is 6.81. The Bertz CT molecular complexity index is 1500. The first-order valence-electron chi connectivity index (χ1n) is 12.8. The number of thioether (sulfide) groups is 1. The van der Waals surface area contributed by atoms with Gasteiger partial charge in [0, 0.05) is 54.3 Å². The number of carbonyl (C=O) groups excluding carboxylic acids is 2. The number of nitrogens with one attached hydrogen (secondary N) is 1. The molecule has 7 nitrogen and oxygen atoms in total. The van der Waals surface area contributed by atoms with E-state index in [1.165, 1.54) is 23.4 Å². The molecule has 198 valence electrons. The first-order valence-corrected chi connectivity index (χ1v) is 13.8. The monoisotopic (exact) mass is 539 g/mol. The topological polar surface area (TPSA) is 89.9 Å². The molecule has 0 bridgehead atoms. The van der Waals surface area contributed by atoms with E-state index < -0.39 is 5.97 Å². The average Bonchev–Trinajstić information content (AvgIpc) is 2.96. The number of anilines is 1. The highest BCUT2D eigenvalue weighted by Gasteiger charge is 2.21. The van der Waals surface area contributed by atoms with Crippen molar-refractivity contribution in [3.05, 3.63) is 108 Å². The molecule has 1 aliphatic rings. The Morgan fingerprint density at radius 3 is 2.21 bits per heavy atom. The number of benzene rings is 4. The van der Waals surface area contributed by atoms with Crippen LogP contribution in [-0.4, -0.2) is 64.6 Å². The van der Waals surface area contributed by atoms with Gasteiger partial charge in [0.2, 0.25) is 5.91 Å². The lowest BCUT2D eigenvalue weighted by Crippen LogP contribution is -2.48. The molecule has 1 saturated heterocycles. The summed E-state index contributed by atoms with van der Waals surface area (Å²) in [7, 11) is 0. The van der Waals surface area contributed by atoms with Gasteiger partial charge in [0.1, 0.15) is 0 Å². The van der Waals surface area contributed by atoms with Gasteiger partial charge in [-0.1, -0.05) is 60.7 Å². The summed E-state index contributed by atoms with van der Waals surface area (Å²) in [6.45, 7) is 4.03. The number of fused-ring (bicyclic) bond motifs is 1.